The van der Waals surface area contributed by atoms with Gasteiger partial charge in [-0.15, -0.1) is 0 Å². The van der Waals surface area contributed by atoms with Crippen molar-refractivity contribution in [2.75, 3.05) is 6.79 Å². The van der Waals surface area contributed by atoms with Crippen molar-refractivity contribution in [1.29, 1.82) is 0 Å². The zero-order valence-electron chi connectivity index (χ0n) is 15.1. The first-order valence-corrected chi connectivity index (χ1v) is 9.17. The number of fused-ring (bicyclic) bond motifs is 1. The van der Waals surface area contributed by atoms with Crippen LogP contribution in [0.4, 0.5) is 0 Å². The number of hydrogen-bond acceptors (Lipinski definition) is 5. The third kappa shape index (κ3) is 4.31. The standard InChI is InChI=1S/C23H15ClO5/c24-19-4-2-1-3-18(19)23(26)29-17-9-7-16(8-10-17)20(25)11-5-15-6-12-21-22(13-15)28-14-27-21/h1-13H,14H2. The molecule has 0 radical (unpaired) electrons. The lowest BCUT2D eigenvalue weighted by Crippen LogP contribution is -2.09. The Morgan fingerprint density at radius 2 is 1.69 bits per heavy atom. The summed E-state index contributed by atoms with van der Waals surface area (Å²) in [6.45, 7) is 0.203. The molecule has 0 saturated heterocycles. The van der Waals surface area contributed by atoms with E-state index in [-0.39, 0.29) is 18.1 Å². The molecule has 5 nitrogen and oxygen atoms in total. The molecular weight excluding hydrogens is 392 g/mol. The first-order chi connectivity index (χ1) is 14.1. The summed E-state index contributed by atoms with van der Waals surface area (Å²) in [6, 6.07) is 18.4. The van der Waals surface area contributed by atoms with E-state index in [1.165, 1.54) is 6.08 Å². The molecule has 0 atom stereocenters. The van der Waals surface area contributed by atoms with Crippen LogP contribution in [-0.4, -0.2) is 18.5 Å². The number of ether oxygens (including phenoxy) is 3. The molecule has 0 unspecified atom stereocenters. The van der Waals surface area contributed by atoms with Crippen LogP contribution >= 0.6 is 11.6 Å². The van der Waals surface area contributed by atoms with Crippen LogP contribution in [-0.2, 0) is 0 Å². The minimum atomic E-state index is -0.558. The number of carbonyl (C=O) groups is 2. The van der Waals surface area contributed by atoms with Crippen molar-refractivity contribution in [2.45, 2.75) is 0 Å². The molecule has 3 aromatic carbocycles. The van der Waals surface area contributed by atoms with E-state index in [1.54, 1.807) is 60.7 Å². The van der Waals surface area contributed by atoms with Gasteiger partial charge in [0.1, 0.15) is 5.75 Å². The van der Waals surface area contributed by atoms with E-state index in [4.69, 9.17) is 25.8 Å². The van der Waals surface area contributed by atoms with Gasteiger partial charge in [-0.05, 0) is 60.2 Å². The summed E-state index contributed by atoms with van der Waals surface area (Å²) < 4.78 is 15.9. The summed E-state index contributed by atoms with van der Waals surface area (Å²) in [7, 11) is 0. The van der Waals surface area contributed by atoms with Crippen molar-refractivity contribution in [3.8, 4) is 17.2 Å². The Balaban J connectivity index is 1.41. The second kappa shape index (κ2) is 8.20. The monoisotopic (exact) mass is 406 g/mol. The highest BCUT2D eigenvalue weighted by Gasteiger charge is 2.13. The van der Waals surface area contributed by atoms with E-state index in [0.717, 1.165) is 5.56 Å². The number of ketones is 1. The summed E-state index contributed by atoms with van der Waals surface area (Å²) in [4.78, 5) is 24.6. The Bertz CT molecular complexity index is 1100. The van der Waals surface area contributed by atoms with Crippen molar-refractivity contribution in [1.82, 2.24) is 0 Å². The molecule has 144 valence electrons. The molecule has 0 spiro atoms. The van der Waals surface area contributed by atoms with Gasteiger partial charge in [-0.2, -0.15) is 0 Å². The van der Waals surface area contributed by atoms with Gasteiger partial charge in [-0.25, -0.2) is 4.79 Å². The van der Waals surface area contributed by atoms with Crippen LogP contribution in [0.3, 0.4) is 0 Å². The van der Waals surface area contributed by atoms with Gasteiger partial charge in [0.05, 0.1) is 10.6 Å². The second-order valence-corrected chi connectivity index (χ2v) is 6.61. The molecule has 4 rings (SSSR count). The van der Waals surface area contributed by atoms with Crippen LogP contribution in [0, 0.1) is 0 Å². The molecule has 0 aromatic heterocycles. The summed E-state index contributed by atoms with van der Waals surface area (Å²) in [5, 5.41) is 0.318. The van der Waals surface area contributed by atoms with Gasteiger partial charge < -0.3 is 14.2 Å². The fourth-order valence-corrected chi connectivity index (χ4v) is 2.97. The number of hydrogen-bond donors (Lipinski definition) is 0. The average molecular weight is 407 g/mol. The highest BCUT2D eigenvalue weighted by molar-refractivity contribution is 6.33. The first kappa shape index (κ1) is 18.8. The number of benzene rings is 3. The van der Waals surface area contributed by atoms with Crippen molar-refractivity contribution >= 4 is 29.4 Å². The van der Waals surface area contributed by atoms with Gasteiger partial charge in [0.2, 0.25) is 6.79 Å². The molecule has 29 heavy (non-hydrogen) atoms. The largest absolute Gasteiger partial charge is 0.454 e. The van der Waals surface area contributed by atoms with E-state index in [9.17, 15) is 9.59 Å². The van der Waals surface area contributed by atoms with E-state index < -0.39 is 5.97 Å². The number of halogens is 1. The smallest absolute Gasteiger partial charge is 0.345 e. The highest BCUT2D eigenvalue weighted by atomic mass is 35.5. The summed E-state index contributed by atoms with van der Waals surface area (Å²) in [5.41, 5.74) is 1.58. The van der Waals surface area contributed by atoms with Gasteiger partial charge in [0.25, 0.3) is 0 Å². The average Bonchev–Trinajstić information content (AvgIpc) is 3.20. The molecule has 1 aliphatic heterocycles. The lowest BCUT2D eigenvalue weighted by Gasteiger charge is -2.06. The van der Waals surface area contributed by atoms with Crippen LogP contribution in [0.2, 0.25) is 5.02 Å². The van der Waals surface area contributed by atoms with Gasteiger partial charge in [0.15, 0.2) is 17.3 Å². The van der Waals surface area contributed by atoms with Crippen LogP contribution in [0.25, 0.3) is 6.08 Å². The van der Waals surface area contributed by atoms with E-state index in [0.29, 0.717) is 27.8 Å². The van der Waals surface area contributed by atoms with Gasteiger partial charge >= 0.3 is 5.97 Å². The maximum absolute atomic E-state index is 12.4. The Morgan fingerprint density at radius 3 is 2.48 bits per heavy atom. The highest BCUT2D eigenvalue weighted by Crippen LogP contribution is 2.32. The Kier molecular flexibility index (Phi) is 5.31. The quantitative estimate of drug-likeness (QED) is 0.253. The van der Waals surface area contributed by atoms with E-state index in [1.807, 2.05) is 12.1 Å². The fourth-order valence-electron chi connectivity index (χ4n) is 2.76. The molecule has 3 aromatic rings. The first-order valence-electron chi connectivity index (χ1n) is 8.79. The summed E-state index contributed by atoms with van der Waals surface area (Å²) >= 11 is 6.00. The molecule has 0 bridgehead atoms. The molecule has 1 aliphatic rings. The molecule has 0 amide bonds. The zero-order chi connectivity index (χ0) is 20.2. The summed E-state index contributed by atoms with van der Waals surface area (Å²) in [6.07, 6.45) is 3.18. The van der Waals surface area contributed by atoms with Crippen molar-refractivity contribution in [3.63, 3.8) is 0 Å². The van der Waals surface area contributed by atoms with E-state index >= 15 is 0 Å². The van der Waals surface area contributed by atoms with Crippen molar-refractivity contribution in [3.05, 3.63) is 94.5 Å². The number of carbonyl (C=O) groups excluding carboxylic acids is 2. The minimum Gasteiger partial charge on any atom is -0.454 e. The molecule has 0 N–H and O–H groups in total. The Morgan fingerprint density at radius 1 is 0.931 bits per heavy atom. The third-order valence-electron chi connectivity index (χ3n) is 4.27. The predicted molar refractivity (Wildman–Crippen MR) is 109 cm³/mol. The van der Waals surface area contributed by atoms with Crippen LogP contribution in [0.1, 0.15) is 26.3 Å². The molecule has 6 heteroatoms. The molecule has 0 saturated carbocycles. The van der Waals surface area contributed by atoms with Gasteiger partial charge in [-0.3, -0.25) is 4.79 Å². The Hall–Kier alpha value is -3.57. The molecule has 1 heterocycles. The fraction of sp³-hybridized carbons (Fsp3) is 0.0435. The predicted octanol–water partition coefficient (Wildman–Crippen LogP) is 5.18. The summed E-state index contributed by atoms with van der Waals surface area (Å²) in [5.74, 6) is 0.940. The zero-order valence-corrected chi connectivity index (χ0v) is 15.9. The number of rotatable bonds is 5. The van der Waals surface area contributed by atoms with Crippen LogP contribution in [0.15, 0.2) is 72.8 Å². The minimum absolute atomic E-state index is 0.174. The normalized spacial score (nSPS) is 12.2. The Labute approximate surface area is 172 Å². The van der Waals surface area contributed by atoms with Crippen molar-refractivity contribution in [2.24, 2.45) is 0 Å². The van der Waals surface area contributed by atoms with Crippen LogP contribution < -0.4 is 14.2 Å². The lowest BCUT2D eigenvalue weighted by molar-refractivity contribution is 0.0735. The SMILES string of the molecule is O=C(C=Cc1ccc2c(c1)OCO2)c1ccc(OC(=O)c2ccccc2Cl)cc1. The lowest BCUT2D eigenvalue weighted by atomic mass is 10.1. The van der Waals surface area contributed by atoms with Crippen LogP contribution in [0.5, 0.6) is 17.2 Å². The third-order valence-corrected chi connectivity index (χ3v) is 4.60. The molecule has 0 fully saturated rings. The van der Waals surface area contributed by atoms with Gasteiger partial charge in [0, 0.05) is 5.56 Å². The molecule has 0 aliphatic carbocycles. The van der Waals surface area contributed by atoms with E-state index in [2.05, 4.69) is 0 Å². The number of allylic oxidation sites excluding steroid dienone is 1. The second-order valence-electron chi connectivity index (χ2n) is 6.20. The van der Waals surface area contributed by atoms with Gasteiger partial charge in [-0.1, -0.05) is 35.9 Å². The topological polar surface area (TPSA) is 61.8 Å². The maximum Gasteiger partial charge on any atom is 0.345 e. The molecular formula is C23H15ClO5. The maximum atomic E-state index is 12.4. The number of esters is 1. The van der Waals surface area contributed by atoms with Crippen molar-refractivity contribution < 1.29 is 23.8 Å².